The molecule has 0 aliphatic rings. The standard InChI is InChI=1S/C15H12ClFO2/c1-9-3-5-11(17)8-13(9)15(18)12-6-4-10(16)7-14(12)19-2/h3-8H,1-2H3. The summed E-state index contributed by atoms with van der Waals surface area (Å²) in [7, 11) is 1.46. The van der Waals surface area contributed by atoms with Crippen LogP contribution in [0.3, 0.4) is 0 Å². The van der Waals surface area contributed by atoms with Gasteiger partial charge in [-0.2, -0.15) is 0 Å². The Morgan fingerprint density at radius 2 is 1.89 bits per heavy atom. The molecule has 0 aliphatic carbocycles. The van der Waals surface area contributed by atoms with Gasteiger partial charge in [0.25, 0.3) is 0 Å². The normalized spacial score (nSPS) is 10.3. The van der Waals surface area contributed by atoms with E-state index < -0.39 is 5.82 Å². The molecule has 0 aliphatic heterocycles. The van der Waals surface area contributed by atoms with Gasteiger partial charge in [-0.1, -0.05) is 17.7 Å². The number of hydrogen-bond donors (Lipinski definition) is 0. The number of methoxy groups -OCH3 is 1. The zero-order valence-electron chi connectivity index (χ0n) is 10.5. The molecule has 4 heteroatoms. The highest BCUT2D eigenvalue weighted by molar-refractivity contribution is 6.31. The van der Waals surface area contributed by atoms with Gasteiger partial charge in [-0.15, -0.1) is 0 Å². The van der Waals surface area contributed by atoms with Crippen molar-refractivity contribution in [1.82, 2.24) is 0 Å². The lowest BCUT2D eigenvalue weighted by atomic mass is 9.98. The Morgan fingerprint density at radius 3 is 2.58 bits per heavy atom. The first-order chi connectivity index (χ1) is 9.02. The first-order valence-electron chi connectivity index (χ1n) is 5.67. The summed E-state index contributed by atoms with van der Waals surface area (Å²) in [6.07, 6.45) is 0. The monoisotopic (exact) mass is 278 g/mol. The van der Waals surface area contributed by atoms with Crippen LogP contribution >= 0.6 is 11.6 Å². The topological polar surface area (TPSA) is 26.3 Å². The second-order valence-corrected chi connectivity index (χ2v) is 4.57. The second-order valence-electron chi connectivity index (χ2n) is 4.13. The molecular formula is C15H12ClFO2. The fraction of sp³-hybridized carbons (Fsp3) is 0.133. The molecule has 0 amide bonds. The maximum absolute atomic E-state index is 13.3. The molecule has 0 spiro atoms. The van der Waals surface area contributed by atoms with Crippen molar-refractivity contribution in [2.45, 2.75) is 6.92 Å². The van der Waals surface area contributed by atoms with Gasteiger partial charge >= 0.3 is 0 Å². The summed E-state index contributed by atoms with van der Waals surface area (Å²) in [5.41, 5.74) is 1.39. The lowest BCUT2D eigenvalue weighted by Gasteiger charge is -2.10. The number of aryl methyl sites for hydroxylation is 1. The average molecular weight is 279 g/mol. The Morgan fingerprint density at radius 1 is 1.16 bits per heavy atom. The molecule has 2 rings (SSSR count). The summed E-state index contributed by atoms with van der Waals surface area (Å²) in [5, 5.41) is 0.476. The molecule has 2 nitrogen and oxygen atoms in total. The van der Waals surface area contributed by atoms with Crippen molar-refractivity contribution in [2.24, 2.45) is 0 Å². The Balaban J connectivity index is 2.53. The molecule has 0 unspecified atom stereocenters. The number of carbonyl (C=O) groups excluding carboxylic acids is 1. The molecule has 0 fully saturated rings. The van der Waals surface area contributed by atoms with Crippen LogP contribution in [0, 0.1) is 12.7 Å². The maximum atomic E-state index is 13.3. The van der Waals surface area contributed by atoms with Crippen molar-refractivity contribution in [1.29, 1.82) is 0 Å². The minimum Gasteiger partial charge on any atom is -0.496 e. The molecule has 0 bridgehead atoms. The van der Waals surface area contributed by atoms with E-state index in [1.54, 1.807) is 31.2 Å². The SMILES string of the molecule is COc1cc(Cl)ccc1C(=O)c1cc(F)ccc1C. The first kappa shape index (κ1) is 13.6. The molecule has 2 aromatic rings. The zero-order valence-corrected chi connectivity index (χ0v) is 11.3. The Labute approximate surface area is 115 Å². The van der Waals surface area contributed by atoms with E-state index >= 15 is 0 Å². The highest BCUT2D eigenvalue weighted by atomic mass is 35.5. The van der Waals surface area contributed by atoms with E-state index in [4.69, 9.17) is 16.3 Å². The van der Waals surface area contributed by atoms with Crippen LogP contribution in [0.4, 0.5) is 4.39 Å². The number of ketones is 1. The number of ether oxygens (including phenoxy) is 1. The van der Waals surface area contributed by atoms with Crippen LogP contribution in [-0.2, 0) is 0 Å². The predicted octanol–water partition coefficient (Wildman–Crippen LogP) is 4.03. The third-order valence-corrected chi connectivity index (χ3v) is 3.09. The fourth-order valence-corrected chi connectivity index (χ4v) is 2.00. The van der Waals surface area contributed by atoms with E-state index in [0.717, 1.165) is 0 Å². The second kappa shape index (κ2) is 5.41. The third-order valence-electron chi connectivity index (χ3n) is 2.85. The van der Waals surface area contributed by atoms with Crippen molar-refractivity contribution in [3.8, 4) is 5.75 Å². The molecule has 0 atom stereocenters. The minimum atomic E-state index is -0.443. The van der Waals surface area contributed by atoms with E-state index in [2.05, 4.69) is 0 Å². The van der Waals surface area contributed by atoms with Crippen LogP contribution in [0.25, 0.3) is 0 Å². The van der Waals surface area contributed by atoms with Crippen LogP contribution in [0.15, 0.2) is 36.4 Å². The van der Waals surface area contributed by atoms with E-state index in [-0.39, 0.29) is 5.78 Å². The Hall–Kier alpha value is -1.87. The highest BCUT2D eigenvalue weighted by Gasteiger charge is 2.17. The molecule has 0 radical (unpaired) electrons. The van der Waals surface area contributed by atoms with E-state index in [1.165, 1.54) is 19.2 Å². The number of carbonyl (C=O) groups is 1. The van der Waals surface area contributed by atoms with Crippen molar-refractivity contribution < 1.29 is 13.9 Å². The average Bonchev–Trinajstić information content (AvgIpc) is 2.40. The van der Waals surface area contributed by atoms with Gasteiger partial charge in [-0.3, -0.25) is 4.79 Å². The van der Waals surface area contributed by atoms with Gasteiger partial charge in [0.1, 0.15) is 11.6 Å². The van der Waals surface area contributed by atoms with Crippen LogP contribution in [-0.4, -0.2) is 12.9 Å². The molecule has 0 aromatic heterocycles. The van der Waals surface area contributed by atoms with Crippen LogP contribution < -0.4 is 4.74 Å². The lowest BCUT2D eigenvalue weighted by Crippen LogP contribution is -2.06. The van der Waals surface area contributed by atoms with E-state index in [0.29, 0.717) is 27.5 Å². The van der Waals surface area contributed by atoms with Gasteiger partial charge in [0.05, 0.1) is 12.7 Å². The van der Waals surface area contributed by atoms with Crippen LogP contribution in [0.5, 0.6) is 5.75 Å². The Bertz CT molecular complexity index is 638. The molecule has 98 valence electrons. The summed E-state index contributed by atoms with van der Waals surface area (Å²) >= 11 is 5.85. The number of rotatable bonds is 3. The quantitative estimate of drug-likeness (QED) is 0.793. The molecule has 0 heterocycles. The van der Waals surface area contributed by atoms with Gasteiger partial charge in [-0.25, -0.2) is 4.39 Å². The summed E-state index contributed by atoms with van der Waals surface area (Å²) in [6.45, 7) is 1.76. The molecule has 2 aromatic carbocycles. The van der Waals surface area contributed by atoms with E-state index in [9.17, 15) is 9.18 Å². The van der Waals surface area contributed by atoms with Gasteiger partial charge < -0.3 is 4.74 Å². The van der Waals surface area contributed by atoms with Gasteiger partial charge in [0.15, 0.2) is 5.78 Å². The first-order valence-corrected chi connectivity index (χ1v) is 6.05. The molecule has 19 heavy (non-hydrogen) atoms. The molecular weight excluding hydrogens is 267 g/mol. The van der Waals surface area contributed by atoms with Crippen molar-refractivity contribution in [3.05, 3.63) is 63.9 Å². The largest absolute Gasteiger partial charge is 0.496 e. The number of hydrogen-bond acceptors (Lipinski definition) is 2. The molecule has 0 saturated heterocycles. The molecule has 0 N–H and O–H groups in total. The summed E-state index contributed by atoms with van der Waals surface area (Å²) in [6, 6.07) is 8.87. The van der Waals surface area contributed by atoms with Gasteiger partial charge in [-0.05, 0) is 42.8 Å². The smallest absolute Gasteiger partial charge is 0.197 e. The van der Waals surface area contributed by atoms with Crippen molar-refractivity contribution >= 4 is 17.4 Å². The van der Waals surface area contributed by atoms with Crippen LogP contribution in [0.1, 0.15) is 21.5 Å². The van der Waals surface area contributed by atoms with Crippen molar-refractivity contribution in [2.75, 3.05) is 7.11 Å². The predicted molar refractivity (Wildman–Crippen MR) is 72.6 cm³/mol. The summed E-state index contributed by atoms with van der Waals surface area (Å²) in [4.78, 5) is 12.4. The molecule has 0 saturated carbocycles. The number of halogens is 2. The Kier molecular flexibility index (Phi) is 3.86. The maximum Gasteiger partial charge on any atom is 0.197 e. The third kappa shape index (κ3) is 2.76. The summed E-state index contributed by atoms with van der Waals surface area (Å²) < 4.78 is 18.4. The van der Waals surface area contributed by atoms with Crippen molar-refractivity contribution in [3.63, 3.8) is 0 Å². The van der Waals surface area contributed by atoms with Gasteiger partial charge in [0.2, 0.25) is 0 Å². The highest BCUT2D eigenvalue weighted by Crippen LogP contribution is 2.26. The van der Waals surface area contributed by atoms with Gasteiger partial charge in [0, 0.05) is 10.6 Å². The zero-order chi connectivity index (χ0) is 14.0. The lowest BCUT2D eigenvalue weighted by molar-refractivity contribution is 0.103. The minimum absolute atomic E-state index is 0.287. The number of benzene rings is 2. The summed E-state index contributed by atoms with van der Waals surface area (Å²) in [5.74, 6) is -0.353. The fourth-order valence-electron chi connectivity index (χ4n) is 1.84. The van der Waals surface area contributed by atoms with Crippen LogP contribution in [0.2, 0.25) is 5.02 Å². The van der Waals surface area contributed by atoms with E-state index in [1.807, 2.05) is 0 Å².